The molecular formula is C21H24F3N3O4. The van der Waals surface area contributed by atoms with E-state index in [1.165, 1.54) is 10.9 Å². The molecule has 0 spiro atoms. The highest BCUT2D eigenvalue weighted by Crippen LogP contribution is 2.28. The molecule has 4 rings (SSSR count). The smallest absolute Gasteiger partial charge is 0.475 e. The molecule has 0 radical (unpaired) electrons. The number of nitrogens with zero attached hydrogens (tertiary/aromatic N) is 2. The van der Waals surface area contributed by atoms with Crippen molar-refractivity contribution in [3.8, 4) is 0 Å². The van der Waals surface area contributed by atoms with Crippen LogP contribution in [0.1, 0.15) is 35.6 Å². The molecular weight excluding hydrogens is 415 g/mol. The van der Waals surface area contributed by atoms with E-state index in [0.717, 1.165) is 55.4 Å². The maximum atomic E-state index is 10.6. The van der Waals surface area contributed by atoms with E-state index >= 15 is 0 Å². The molecule has 0 amide bonds. The van der Waals surface area contributed by atoms with Crippen LogP contribution in [0.5, 0.6) is 0 Å². The Morgan fingerprint density at radius 3 is 2.55 bits per heavy atom. The molecule has 0 aliphatic carbocycles. The zero-order valence-electron chi connectivity index (χ0n) is 17.2. The van der Waals surface area contributed by atoms with E-state index in [4.69, 9.17) is 18.8 Å². The van der Waals surface area contributed by atoms with Gasteiger partial charge < -0.3 is 19.4 Å². The Kier molecular flexibility index (Phi) is 7.01. The number of aliphatic carboxylic acids is 1. The van der Waals surface area contributed by atoms with Crippen molar-refractivity contribution in [3.63, 3.8) is 0 Å². The molecule has 7 nitrogen and oxygen atoms in total. The van der Waals surface area contributed by atoms with Gasteiger partial charge in [-0.15, -0.1) is 0 Å². The molecule has 2 aromatic heterocycles. The molecule has 168 valence electrons. The second-order valence-corrected chi connectivity index (χ2v) is 7.40. The van der Waals surface area contributed by atoms with Crippen LogP contribution in [0.25, 0.3) is 11.0 Å². The number of carboxylic acid groups (broad SMARTS) is 1. The molecule has 3 aromatic rings. The van der Waals surface area contributed by atoms with Crippen LogP contribution < -0.4 is 5.32 Å². The van der Waals surface area contributed by atoms with E-state index < -0.39 is 12.1 Å². The Morgan fingerprint density at radius 1 is 1.29 bits per heavy atom. The van der Waals surface area contributed by atoms with Crippen molar-refractivity contribution in [2.24, 2.45) is 0 Å². The number of aryl methyl sites for hydroxylation is 1. The maximum absolute atomic E-state index is 10.6. The minimum Gasteiger partial charge on any atom is -0.475 e. The molecule has 0 bridgehead atoms. The average molecular weight is 439 g/mol. The minimum absolute atomic E-state index is 0.511. The highest BCUT2D eigenvalue weighted by Gasteiger charge is 2.38. The lowest BCUT2D eigenvalue weighted by molar-refractivity contribution is -0.192. The Labute approximate surface area is 176 Å². The molecule has 0 atom stereocenters. The first-order valence-electron chi connectivity index (χ1n) is 9.83. The van der Waals surface area contributed by atoms with E-state index in [2.05, 4.69) is 47.5 Å². The molecule has 1 fully saturated rings. The summed E-state index contributed by atoms with van der Waals surface area (Å²) in [6.45, 7) is 5.72. The molecule has 0 unspecified atom stereocenters. The third-order valence-corrected chi connectivity index (χ3v) is 4.98. The number of para-hydroxylation sites is 1. The van der Waals surface area contributed by atoms with Crippen molar-refractivity contribution < 1.29 is 32.0 Å². The van der Waals surface area contributed by atoms with Crippen LogP contribution in [-0.4, -0.2) is 47.4 Å². The van der Waals surface area contributed by atoms with Crippen LogP contribution in [0.3, 0.4) is 0 Å². The third kappa shape index (κ3) is 5.65. The fourth-order valence-electron chi connectivity index (χ4n) is 3.29. The van der Waals surface area contributed by atoms with Crippen LogP contribution in [-0.2, 0) is 24.3 Å². The fraction of sp³-hybridized carbons (Fsp3) is 0.429. The first kappa shape index (κ1) is 22.8. The normalized spacial score (nSPS) is 14.4. The second kappa shape index (κ2) is 9.52. The number of fused-ring (bicyclic) bond motifs is 1. The zero-order valence-corrected chi connectivity index (χ0v) is 17.2. The van der Waals surface area contributed by atoms with Crippen molar-refractivity contribution >= 4 is 16.9 Å². The number of furan rings is 1. The van der Waals surface area contributed by atoms with Gasteiger partial charge in [-0.25, -0.2) is 4.79 Å². The summed E-state index contributed by atoms with van der Waals surface area (Å²) in [4.78, 5) is 11.1. The van der Waals surface area contributed by atoms with Crippen LogP contribution in [0.2, 0.25) is 0 Å². The summed E-state index contributed by atoms with van der Waals surface area (Å²) in [5, 5.41) is 15.8. The number of carbonyl (C=O) groups is 1. The molecule has 0 saturated carbocycles. The number of hydrogen-bond donors (Lipinski definition) is 2. The van der Waals surface area contributed by atoms with Gasteiger partial charge >= 0.3 is 12.1 Å². The van der Waals surface area contributed by atoms with Crippen molar-refractivity contribution in [2.45, 2.75) is 38.5 Å². The molecule has 1 aromatic carbocycles. The van der Waals surface area contributed by atoms with Gasteiger partial charge in [0.05, 0.1) is 12.2 Å². The summed E-state index contributed by atoms with van der Waals surface area (Å²) < 4.78 is 43.2. The Balaban J connectivity index is 0.000000339. The topological polar surface area (TPSA) is 91.7 Å². The standard InChI is InChI=1S/C19H23N3O2.C2HF3O2/c1-3-18-16(15-6-4-5-7-19(15)23-18)12-22(2)11-14-8-17(21-24-14)13-9-20-10-13;3-2(4,5)1(6)7/h4-8,13,20H,3,9-12H2,1-2H3;(H,6,7). The lowest BCUT2D eigenvalue weighted by atomic mass is 9.99. The molecule has 1 aliphatic heterocycles. The number of benzene rings is 1. The summed E-state index contributed by atoms with van der Waals surface area (Å²) in [6.07, 6.45) is -4.18. The molecule has 1 saturated heterocycles. The predicted octanol–water partition coefficient (Wildman–Crippen LogP) is 3.94. The first-order valence-corrected chi connectivity index (χ1v) is 9.83. The van der Waals surface area contributed by atoms with Gasteiger partial charge in [0.2, 0.25) is 0 Å². The van der Waals surface area contributed by atoms with Crippen molar-refractivity contribution in [3.05, 3.63) is 53.1 Å². The number of alkyl halides is 3. The van der Waals surface area contributed by atoms with Gasteiger partial charge in [-0.05, 0) is 13.1 Å². The van der Waals surface area contributed by atoms with Crippen LogP contribution >= 0.6 is 0 Å². The SMILES string of the molecule is CCc1oc2ccccc2c1CN(C)Cc1cc(C2CNC2)no1.O=C(O)C(F)(F)F. The predicted molar refractivity (Wildman–Crippen MR) is 107 cm³/mol. The molecule has 2 N–H and O–H groups in total. The number of nitrogens with one attached hydrogen (secondary N) is 1. The summed E-state index contributed by atoms with van der Waals surface area (Å²) in [6, 6.07) is 10.3. The number of aromatic nitrogens is 1. The summed E-state index contributed by atoms with van der Waals surface area (Å²) in [5.74, 6) is -0.253. The Morgan fingerprint density at radius 2 is 1.97 bits per heavy atom. The zero-order chi connectivity index (χ0) is 22.6. The summed E-state index contributed by atoms with van der Waals surface area (Å²) in [7, 11) is 2.11. The summed E-state index contributed by atoms with van der Waals surface area (Å²) in [5.41, 5.74) is 3.32. The van der Waals surface area contributed by atoms with Gasteiger partial charge in [0, 0.05) is 49.0 Å². The second-order valence-electron chi connectivity index (χ2n) is 7.40. The van der Waals surface area contributed by atoms with E-state index in [1.807, 2.05) is 12.1 Å². The summed E-state index contributed by atoms with van der Waals surface area (Å²) >= 11 is 0. The van der Waals surface area contributed by atoms with Crippen molar-refractivity contribution in [2.75, 3.05) is 20.1 Å². The first-order chi connectivity index (χ1) is 14.7. The highest BCUT2D eigenvalue weighted by atomic mass is 19.4. The van der Waals surface area contributed by atoms with Gasteiger partial charge in [-0.3, -0.25) is 4.90 Å². The maximum Gasteiger partial charge on any atom is 0.490 e. The van der Waals surface area contributed by atoms with Gasteiger partial charge in [0.15, 0.2) is 5.76 Å². The van der Waals surface area contributed by atoms with Crippen LogP contribution in [0.15, 0.2) is 39.3 Å². The monoisotopic (exact) mass is 439 g/mol. The van der Waals surface area contributed by atoms with Gasteiger partial charge in [0.25, 0.3) is 0 Å². The van der Waals surface area contributed by atoms with E-state index in [9.17, 15) is 13.2 Å². The van der Waals surface area contributed by atoms with Crippen LogP contribution in [0, 0.1) is 0 Å². The molecule has 10 heteroatoms. The quantitative estimate of drug-likeness (QED) is 0.601. The number of rotatable bonds is 6. The third-order valence-electron chi connectivity index (χ3n) is 4.98. The minimum atomic E-state index is -5.08. The number of halogens is 3. The lowest BCUT2D eigenvalue weighted by Gasteiger charge is -2.24. The molecule has 1 aliphatic rings. The van der Waals surface area contributed by atoms with Crippen LogP contribution in [0.4, 0.5) is 13.2 Å². The van der Waals surface area contributed by atoms with Gasteiger partial charge in [-0.1, -0.05) is 30.3 Å². The van der Waals surface area contributed by atoms with E-state index in [0.29, 0.717) is 5.92 Å². The van der Waals surface area contributed by atoms with E-state index in [-0.39, 0.29) is 0 Å². The largest absolute Gasteiger partial charge is 0.490 e. The van der Waals surface area contributed by atoms with Crippen molar-refractivity contribution in [1.29, 1.82) is 0 Å². The van der Waals surface area contributed by atoms with Gasteiger partial charge in [0.1, 0.15) is 11.3 Å². The number of hydrogen-bond acceptors (Lipinski definition) is 6. The van der Waals surface area contributed by atoms with Gasteiger partial charge in [-0.2, -0.15) is 13.2 Å². The van der Waals surface area contributed by atoms with Crippen molar-refractivity contribution in [1.82, 2.24) is 15.4 Å². The molecule has 31 heavy (non-hydrogen) atoms. The fourth-order valence-corrected chi connectivity index (χ4v) is 3.29. The average Bonchev–Trinajstić information content (AvgIpc) is 3.25. The van der Waals surface area contributed by atoms with E-state index in [1.54, 1.807) is 0 Å². The lowest BCUT2D eigenvalue weighted by Crippen LogP contribution is -2.40. The highest BCUT2D eigenvalue weighted by molar-refractivity contribution is 5.82. The Bertz CT molecular complexity index is 1020. The Hall–Kier alpha value is -2.85. The molecule has 3 heterocycles. The number of carboxylic acids is 1.